The minimum atomic E-state index is -0.848. The molecule has 0 aromatic rings. The van der Waals surface area contributed by atoms with Crippen molar-refractivity contribution in [2.75, 3.05) is 13.1 Å². The van der Waals surface area contributed by atoms with Gasteiger partial charge in [-0.3, -0.25) is 4.79 Å². The van der Waals surface area contributed by atoms with Crippen molar-refractivity contribution in [3.63, 3.8) is 0 Å². The summed E-state index contributed by atoms with van der Waals surface area (Å²) in [6, 6.07) is 0. The summed E-state index contributed by atoms with van der Waals surface area (Å²) in [5, 5.41) is 3.14. The lowest BCUT2D eigenvalue weighted by molar-refractivity contribution is -0.176. The van der Waals surface area contributed by atoms with Crippen molar-refractivity contribution in [1.82, 2.24) is 5.32 Å². The third-order valence-electron chi connectivity index (χ3n) is 2.66. The van der Waals surface area contributed by atoms with Crippen molar-refractivity contribution in [2.45, 2.75) is 52.2 Å². The van der Waals surface area contributed by atoms with Crippen LogP contribution in [0.15, 0.2) is 0 Å². The largest absolute Gasteiger partial charge is 0.457 e. The Morgan fingerprint density at radius 3 is 2.50 bits per heavy atom. The fraction of sp³-hybridized carbons (Fsp3) is 0.846. The highest BCUT2D eigenvalue weighted by molar-refractivity contribution is 5.80. The van der Waals surface area contributed by atoms with Crippen molar-refractivity contribution >= 4 is 11.9 Å². The number of carbonyl (C=O) groups excluding carboxylic acids is 2. The third kappa shape index (κ3) is 5.04. The summed E-state index contributed by atoms with van der Waals surface area (Å²) in [5.74, 6) is -0.969. The van der Waals surface area contributed by atoms with Gasteiger partial charge in [0.2, 0.25) is 0 Å². The lowest BCUT2D eigenvalue weighted by Gasteiger charge is -2.25. The summed E-state index contributed by atoms with van der Waals surface area (Å²) in [4.78, 5) is 23.5. The quantitative estimate of drug-likeness (QED) is 0.771. The van der Waals surface area contributed by atoms with Crippen LogP contribution in [0.4, 0.5) is 0 Å². The molecule has 1 fully saturated rings. The Balaban J connectivity index is 2.41. The van der Waals surface area contributed by atoms with Crippen LogP contribution in [0.3, 0.4) is 0 Å². The number of piperidine rings is 1. The zero-order valence-corrected chi connectivity index (χ0v) is 11.6. The molecule has 5 heteroatoms. The molecule has 1 N–H and O–H groups in total. The second kappa shape index (κ2) is 6.18. The molecule has 1 aliphatic heterocycles. The summed E-state index contributed by atoms with van der Waals surface area (Å²) >= 11 is 0. The molecule has 5 nitrogen and oxygen atoms in total. The fourth-order valence-electron chi connectivity index (χ4n) is 1.76. The predicted octanol–water partition coefficient (Wildman–Crippen LogP) is 1.26. The molecule has 0 saturated carbocycles. The number of rotatable bonds is 3. The van der Waals surface area contributed by atoms with Gasteiger partial charge in [0.25, 0.3) is 0 Å². The van der Waals surface area contributed by atoms with Gasteiger partial charge in [0.1, 0.15) is 5.60 Å². The Labute approximate surface area is 108 Å². The standard InChI is InChI=1S/C13H23NO4/c1-9(11(15)18-13(2,3)4)17-12(16)10-6-5-7-14-8-10/h9-10,14H,5-8H2,1-4H3/t9-,10-/m1/s1. The number of carbonyl (C=O) groups is 2. The van der Waals surface area contributed by atoms with Gasteiger partial charge in [0.15, 0.2) is 6.10 Å². The summed E-state index contributed by atoms with van der Waals surface area (Å²) in [6.45, 7) is 8.45. The van der Waals surface area contributed by atoms with Crippen LogP contribution in [0.5, 0.6) is 0 Å². The lowest BCUT2D eigenvalue weighted by atomic mass is 10.00. The fourth-order valence-corrected chi connectivity index (χ4v) is 1.76. The van der Waals surface area contributed by atoms with Crippen LogP contribution in [0.1, 0.15) is 40.5 Å². The lowest BCUT2D eigenvalue weighted by Crippen LogP contribution is -2.39. The van der Waals surface area contributed by atoms with Gasteiger partial charge in [0.05, 0.1) is 5.92 Å². The molecule has 0 unspecified atom stereocenters. The van der Waals surface area contributed by atoms with Crippen LogP contribution in [0.2, 0.25) is 0 Å². The van der Waals surface area contributed by atoms with Gasteiger partial charge in [-0.25, -0.2) is 4.79 Å². The van der Waals surface area contributed by atoms with Gasteiger partial charge in [-0.15, -0.1) is 0 Å². The number of hydrogen-bond donors (Lipinski definition) is 1. The van der Waals surface area contributed by atoms with Crippen LogP contribution in [-0.4, -0.2) is 36.7 Å². The normalized spacial score (nSPS) is 22.1. The molecule has 0 amide bonds. The summed E-state index contributed by atoms with van der Waals surface area (Å²) < 4.78 is 10.3. The first-order valence-corrected chi connectivity index (χ1v) is 6.43. The number of esters is 2. The van der Waals surface area contributed by atoms with Crippen LogP contribution < -0.4 is 5.32 Å². The van der Waals surface area contributed by atoms with Gasteiger partial charge in [0, 0.05) is 6.54 Å². The first-order chi connectivity index (χ1) is 8.29. The maximum atomic E-state index is 11.8. The van der Waals surface area contributed by atoms with Gasteiger partial charge >= 0.3 is 11.9 Å². The van der Waals surface area contributed by atoms with E-state index in [9.17, 15) is 9.59 Å². The van der Waals surface area contributed by atoms with Crippen LogP contribution in [0, 0.1) is 5.92 Å². The van der Waals surface area contributed by atoms with Gasteiger partial charge in [-0.1, -0.05) is 0 Å². The second-order valence-corrected chi connectivity index (χ2v) is 5.66. The molecule has 0 bridgehead atoms. The van der Waals surface area contributed by atoms with E-state index in [0.717, 1.165) is 19.4 Å². The first-order valence-electron chi connectivity index (χ1n) is 6.43. The second-order valence-electron chi connectivity index (χ2n) is 5.66. The van der Waals surface area contributed by atoms with E-state index in [4.69, 9.17) is 9.47 Å². The summed E-state index contributed by atoms with van der Waals surface area (Å²) in [7, 11) is 0. The Morgan fingerprint density at radius 2 is 2.00 bits per heavy atom. The van der Waals surface area contributed by atoms with E-state index in [1.165, 1.54) is 0 Å². The Bertz CT molecular complexity index is 303. The monoisotopic (exact) mass is 257 g/mol. The van der Waals surface area contributed by atoms with Gasteiger partial charge in [-0.05, 0) is 47.1 Å². The van der Waals surface area contributed by atoms with Crippen LogP contribution in [0.25, 0.3) is 0 Å². The van der Waals surface area contributed by atoms with Crippen LogP contribution in [-0.2, 0) is 19.1 Å². The first kappa shape index (κ1) is 15.0. The van der Waals surface area contributed by atoms with Crippen molar-refractivity contribution in [1.29, 1.82) is 0 Å². The topological polar surface area (TPSA) is 64.6 Å². The molecule has 104 valence electrons. The molecule has 0 aromatic carbocycles. The highest BCUT2D eigenvalue weighted by Gasteiger charge is 2.28. The molecular formula is C13H23NO4. The van der Waals surface area contributed by atoms with Gasteiger partial charge < -0.3 is 14.8 Å². The predicted molar refractivity (Wildman–Crippen MR) is 67.0 cm³/mol. The van der Waals surface area contributed by atoms with Crippen molar-refractivity contribution in [2.24, 2.45) is 5.92 Å². The molecule has 18 heavy (non-hydrogen) atoms. The number of nitrogens with one attached hydrogen (secondary N) is 1. The van der Waals surface area contributed by atoms with E-state index in [2.05, 4.69) is 5.32 Å². The van der Waals surface area contributed by atoms with Gasteiger partial charge in [-0.2, -0.15) is 0 Å². The SMILES string of the molecule is C[C@@H](OC(=O)[C@@H]1CCCNC1)C(=O)OC(C)(C)C. The summed E-state index contributed by atoms with van der Waals surface area (Å²) in [6.07, 6.45) is 0.923. The maximum Gasteiger partial charge on any atom is 0.347 e. The molecule has 1 heterocycles. The highest BCUT2D eigenvalue weighted by Crippen LogP contribution is 2.14. The van der Waals surface area contributed by atoms with Crippen molar-refractivity contribution < 1.29 is 19.1 Å². The maximum absolute atomic E-state index is 11.8. The molecule has 1 saturated heterocycles. The zero-order valence-electron chi connectivity index (χ0n) is 11.6. The van der Waals surface area contributed by atoms with E-state index in [1.807, 2.05) is 0 Å². The molecule has 0 aromatic heterocycles. The van der Waals surface area contributed by atoms with E-state index in [-0.39, 0.29) is 11.9 Å². The minimum absolute atomic E-state index is 0.149. The number of ether oxygens (including phenoxy) is 2. The van der Waals surface area contributed by atoms with Crippen molar-refractivity contribution in [3.05, 3.63) is 0 Å². The molecule has 1 rings (SSSR count). The average molecular weight is 257 g/mol. The smallest absolute Gasteiger partial charge is 0.347 e. The van der Waals surface area contributed by atoms with Crippen LogP contribution >= 0.6 is 0 Å². The molecule has 0 aliphatic carbocycles. The van der Waals surface area contributed by atoms with E-state index in [0.29, 0.717) is 6.54 Å². The zero-order chi connectivity index (χ0) is 13.8. The molecule has 1 aliphatic rings. The molecule has 2 atom stereocenters. The van der Waals surface area contributed by atoms with E-state index in [1.54, 1.807) is 27.7 Å². The van der Waals surface area contributed by atoms with E-state index < -0.39 is 17.7 Å². The Kier molecular flexibility index (Phi) is 5.14. The minimum Gasteiger partial charge on any atom is -0.457 e. The average Bonchev–Trinajstić information content (AvgIpc) is 2.27. The van der Waals surface area contributed by atoms with Crippen molar-refractivity contribution in [3.8, 4) is 0 Å². The Hall–Kier alpha value is -1.10. The summed E-state index contributed by atoms with van der Waals surface area (Å²) in [5.41, 5.74) is -0.565. The molecule has 0 spiro atoms. The molecule has 0 radical (unpaired) electrons. The third-order valence-corrected chi connectivity index (χ3v) is 2.66. The Morgan fingerprint density at radius 1 is 1.33 bits per heavy atom. The van der Waals surface area contributed by atoms with E-state index >= 15 is 0 Å². The number of hydrogen-bond acceptors (Lipinski definition) is 5. The molecular weight excluding hydrogens is 234 g/mol. The highest BCUT2D eigenvalue weighted by atomic mass is 16.6.